The van der Waals surface area contributed by atoms with Gasteiger partial charge in [-0.15, -0.1) is 0 Å². The van der Waals surface area contributed by atoms with E-state index in [1.54, 1.807) is 0 Å². The Morgan fingerprint density at radius 3 is 2.09 bits per heavy atom. The van der Waals surface area contributed by atoms with Crippen LogP contribution in [0.4, 0.5) is 0 Å². The van der Waals surface area contributed by atoms with E-state index in [0.29, 0.717) is 12.5 Å². The van der Waals surface area contributed by atoms with Crippen molar-refractivity contribution >= 4 is 0 Å². The molecular weight excluding hydrogens is 136 g/mol. The van der Waals surface area contributed by atoms with Crippen LogP contribution in [0.15, 0.2) is 0 Å². The third-order valence-electron chi connectivity index (χ3n) is 2.21. The molecule has 0 rings (SSSR count). The number of hydrogen-bond acceptors (Lipinski definition) is 1. The summed E-state index contributed by atoms with van der Waals surface area (Å²) in [5.74, 6) is 1.53. The van der Waals surface area contributed by atoms with E-state index >= 15 is 0 Å². The highest BCUT2D eigenvalue weighted by molar-refractivity contribution is 4.58. The van der Waals surface area contributed by atoms with E-state index in [1.165, 1.54) is 19.3 Å². The average molecular weight is 158 g/mol. The molecule has 1 N–H and O–H groups in total. The number of aliphatic hydroxyl groups is 1. The molecule has 0 amide bonds. The van der Waals surface area contributed by atoms with Gasteiger partial charge in [-0.05, 0) is 24.7 Å². The second-order valence-corrected chi connectivity index (χ2v) is 3.75. The molecule has 0 radical (unpaired) electrons. The summed E-state index contributed by atoms with van der Waals surface area (Å²) < 4.78 is 0. The van der Waals surface area contributed by atoms with Gasteiger partial charge in [-0.3, -0.25) is 0 Å². The lowest BCUT2D eigenvalue weighted by Crippen LogP contribution is -2.04. The van der Waals surface area contributed by atoms with Gasteiger partial charge in [0.2, 0.25) is 0 Å². The van der Waals surface area contributed by atoms with Crippen molar-refractivity contribution in [1.29, 1.82) is 0 Å². The number of aliphatic hydroxyl groups excluding tert-OH is 1. The number of hydrogen-bond donors (Lipinski definition) is 1. The molecule has 1 nitrogen and oxygen atoms in total. The molecule has 11 heavy (non-hydrogen) atoms. The Morgan fingerprint density at radius 1 is 1.09 bits per heavy atom. The van der Waals surface area contributed by atoms with Gasteiger partial charge in [-0.25, -0.2) is 0 Å². The van der Waals surface area contributed by atoms with Gasteiger partial charge in [-0.1, -0.05) is 33.6 Å². The van der Waals surface area contributed by atoms with Crippen LogP contribution in [-0.4, -0.2) is 11.7 Å². The molecule has 0 aliphatic carbocycles. The van der Waals surface area contributed by atoms with Crippen LogP contribution in [0, 0.1) is 11.8 Å². The van der Waals surface area contributed by atoms with E-state index in [0.717, 1.165) is 12.3 Å². The molecule has 2 atom stereocenters. The first-order valence-corrected chi connectivity index (χ1v) is 4.81. The van der Waals surface area contributed by atoms with Crippen LogP contribution in [0.25, 0.3) is 0 Å². The normalized spacial score (nSPS) is 16.4. The predicted octanol–water partition coefficient (Wildman–Crippen LogP) is 2.83. The molecular formula is C10H22O. The van der Waals surface area contributed by atoms with Gasteiger partial charge < -0.3 is 5.11 Å². The van der Waals surface area contributed by atoms with E-state index in [9.17, 15) is 0 Å². The van der Waals surface area contributed by atoms with Gasteiger partial charge in [0.1, 0.15) is 0 Å². The molecule has 0 spiro atoms. The first-order valence-electron chi connectivity index (χ1n) is 4.81. The van der Waals surface area contributed by atoms with E-state index in [2.05, 4.69) is 20.8 Å². The maximum absolute atomic E-state index is 8.68. The summed E-state index contributed by atoms with van der Waals surface area (Å²) in [6, 6.07) is 0. The summed E-state index contributed by atoms with van der Waals surface area (Å²) in [7, 11) is 0. The largest absolute Gasteiger partial charge is 0.396 e. The summed E-state index contributed by atoms with van der Waals surface area (Å²) in [4.78, 5) is 0. The van der Waals surface area contributed by atoms with Gasteiger partial charge in [0, 0.05) is 6.61 Å². The van der Waals surface area contributed by atoms with E-state index in [1.807, 2.05) is 0 Å². The summed E-state index contributed by atoms with van der Waals surface area (Å²) in [5.41, 5.74) is 0. The highest BCUT2D eigenvalue weighted by atomic mass is 16.2. The minimum atomic E-state index is 0.347. The molecule has 0 heterocycles. The fraction of sp³-hybridized carbons (Fsp3) is 1.00. The lowest BCUT2D eigenvalue weighted by Gasteiger charge is -2.15. The quantitative estimate of drug-likeness (QED) is 0.630. The molecule has 0 saturated heterocycles. The first-order chi connectivity index (χ1) is 5.20. The minimum absolute atomic E-state index is 0.347. The maximum atomic E-state index is 8.68. The van der Waals surface area contributed by atoms with Crippen LogP contribution in [0.3, 0.4) is 0 Å². The molecule has 1 heteroatoms. The Labute approximate surface area is 70.8 Å². The smallest absolute Gasteiger partial charge is 0.0433 e. The fourth-order valence-corrected chi connectivity index (χ4v) is 1.64. The Kier molecular flexibility index (Phi) is 6.63. The van der Waals surface area contributed by atoms with Gasteiger partial charge in [-0.2, -0.15) is 0 Å². The molecule has 2 unspecified atom stereocenters. The van der Waals surface area contributed by atoms with Crippen LogP contribution < -0.4 is 0 Å². The minimum Gasteiger partial charge on any atom is -0.396 e. The summed E-state index contributed by atoms with van der Waals surface area (Å²) in [6.45, 7) is 7.10. The van der Waals surface area contributed by atoms with Crippen LogP contribution in [0.1, 0.15) is 46.5 Å². The zero-order chi connectivity index (χ0) is 8.69. The first kappa shape index (κ1) is 11.0. The molecule has 0 aromatic heterocycles. The lowest BCUT2D eigenvalue weighted by atomic mass is 9.92. The van der Waals surface area contributed by atoms with Crippen molar-refractivity contribution in [3.8, 4) is 0 Å². The van der Waals surface area contributed by atoms with Gasteiger partial charge >= 0.3 is 0 Å². The van der Waals surface area contributed by atoms with Crippen molar-refractivity contribution in [3.63, 3.8) is 0 Å². The van der Waals surface area contributed by atoms with Crippen molar-refractivity contribution in [2.75, 3.05) is 6.61 Å². The summed E-state index contributed by atoms with van der Waals surface area (Å²) >= 11 is 0. The van der Waals surface area contributed by atoms with Gasteiger partial charge in [0.15, 0.2) is 0 Å². The Balaban J connectivity index is 3.32. The molecule has 0 aromatic rings. The topological polar surface area (TPSA) is 20.2 Å². The second-order valence-electron chi connectivity index (χ2n) is 3.75. The number of rotatable bonds is 6. The van der Waals surface area contributed by atoms with Crippen LogP contribution in [0.2, 0.25) is 0 Å². The molecule has 0 aromatic carbocycles. The molecule has 0 aliphatic heterocycles. The summed E-state index contributed by atoms with van der Waals surface area (Å²) in [6.07, 6.45) is 4.85. The molecule has 0 aliphatic rings. The van der Waals surface area contributed by atoms with Crippen molar-refractivity contribution in [2.24, 2.45) is 11.8 Å². The van der Waals surface area contributed by atoms with Crippen molar-refractivity contribution in [3.05, 3.63) is 0 Å². The van der Waals surface area contributed by atoms with Crippen LogP contribution in [0.5, 0.6) is 0 Å². The van der Waals surface area contributed by atoms with Gasteiger partial charge in [0.25, 0.3) is 0 Å². The van der Waals surface area contributed by atoms with Gasteiger partial charge in [0.05, 0.1) is 0 Å². The Hall–Kier alpha value is -0.0400. The molecule has 0 bridgehead atoms. The molecule has 0 saturated carbocycles. The Morgan fingerprint density at radius 2 is 1.64 bits per heavy atom. The fourth-order valence-electron chi connectivity index (χ4n) is 1.64. The SMILES string of the molecule is CCCC(C)CC(C)CCO. The van der Waals surface area contributed by atoms with E-state index < -0.39 is 0 Å². The van der Waals surface area contributed by atoms with E-state index in [-0.39, 0.29) is 0 Å². The second kappa shape index (κ2) is 6.66. The molecule has 68 valence electrons. The molecule has 0 fully saturated rings. The maximum Gasteiger partial charge on any atom is 0.0433 e. The highest BCUT2D eigenvalue weighted by Gasteiger charge is 2.06. The predicted molar refractivity (Wildman–Crippen MR) is 49.6 cm³/mol. The van der Waals surface area contributed by atoms with Crippen LogP contribution >= 0.6 is 0 Å². The highest BCUT2D eigenvalue weighted by Crippen LogP contribution is 2.18. The average Bonchev–Trinajstić information content (AvgIpc) is 1.87. The zero-order valence-electron chi connectivity index (χ0n) is 8.14. The standard InChI is InChI=1S/C10H22O/c1-4-5-9(2)8-10(3)6-7-11/h9-11H,4-8H2,1-3H3. The third kappa shape index (κ3) is 6.36. The third-order valence-corrected chi connectivity index (χ3v) is 2.21. The summed E-state index contributed by atoms with van der Waals surface area (Å²) in [5, 5.41) is 8.68. The van der Waals surface area contributed by atoms with Crippen molar-refractivity contribution in [2.45, 2.75) is 46.5 Å². The Bertz CT molecular complexity index is 70.9. The lowest BCUT2D eigenvalue weighted by molar-refractivity contribution is 0.246. The van der Waals surface area contributed by atoms with Crippen molar-refractivity contribution < 1.29 is 5.11 Å². The van der Waals surface area contributed by atoms with Crippen molar-refractivity contribution in [1.82, 2.24) is 0 Å². The monoisotopic (exact) mass is 158 g/mol. The van der Waals surface area contributed by atoms with Crippen LogP contribution in [-0.2, 0) is 0 Å². The zero-order valence-corrected chi connectivity index (χ0v) is 8.14. The van der Waals surface area contributed by atoms with E-state index in [4.69, 9.17) is 5.11 Å².